The molecule has 2 atom stereocenters. The number of benzene rings is 2. The smallest absolute Gasteiger partial charge is 0.246 e. The molecule has 7 nitrogen and oxygen atoms in total. The van der Waals surface area contributed by atoms with Crippen LogP contribution in [0.5, 0.6) is 0 Å². The largest absolute Gasteiger partial charge is 0.370 e. The Morgan fingerprint density at radius 1 is 0.911 bits per heavy atom. The third-order valence-electron chi connectivity index (χ3n) is 9.85. The number of amides is 1. The Morgan fingerprint density at radius 3 is 2.27 bits per heavy atom. The molecule has 45 heavy (non-hydrogen) atoms. The quantitative estimate of drug-likeness (QED) is 0.239. The zero-order valence-electron chi connectivity index (χ0n) is 25.9. The summed E-state index contributed by atoms with van der Waals surface area (Å²) in [5.74, 6) is 1.03. The fourth-order valence-corrected chi connectivity index (χ4v) is 10.6. The number of carbonyl (C=O) groups excluding carboxylic acids is 1. The standard InChI is InChI=1S/C34H46Cl3N3O4S/c35-28-20-30(36)34(31(37)21-28)45(42,43)40-19-5-4-10-29(40)23-44-24-33(41)38-22-26-11-14-27(15-12-26)32(39-17-6-7-18-39)16-13-25-8-2-1-3-9-25/h1-3,8-9,20-21,26-27,29,32H,4-7,10-19,22-24H2,(H,38,41). The van der Waals surface area contributed by atoms with Crippen LogP contribution in [0, 0.1) is 11.8 Å². The molecule has 0 radical (unpaired) electrons. The monoisotopic (exact) mass is 697 g/mol. The predicted octanol–water partition coefficient (Wildman–Crippen LogP) is 7.23. The molecule has 1 N–H and O–H groups in total. The van der Waals surface area contributed by atoms with Crippen LogP contribution in [0.25, 0.3) is 0 Å². The third-order valence-corrected chi connectivity index (χ3v) is 12.9. The van der Waals surface area contributed by atoms with Crippen molar-refractivity contribution in [1.29, 1.82) is 0 Å². The number of sulfonamides is 1. The van der Waals surface area contributed by atoms with E-state index < -0.39 is 16.1 Å². The number of nitrogens with one attached hydrogen (secondary N) is 1. The summed E-state index contributed by atoms with van der Waals surface area (Å²) in [6.45, 7) is 3.47. The molecule has 2 aromatic rings. The molecule has 2 heterocycles. The molecule has 0 aromatic heterocycles. The fourth-order valence-electron chi connectivity index (χ4n) is 7.47. The first-order valence-corrected chi connectivity index (χ1v) is 19.1. The minimum Gasteiger partial charge on any atom is -0.370 e. The van der Waals surface area contributed by atoms with Crippen molar-refractivity contribution in [1.82, 2.24) is 14.5 Å². The molecule has 11 heteroatoms. The van der Waals surface area contributed by atoms with Crippen LogP contribution in [0.3, 0.4) is 0 Å². The SMILES string of the molecule is O=C(COCC1CCCCN1S(=O)(=O)c1c(Cl)cc(Cl)cc1Cl)NCC1CCC(C(CCc2ccccc2)N2CCCC2)CC1. The average molecular weight is 699 g/mol. The van der Waals surface area contributed by atoms with E-state index in [1.807, 2.05) is 0 Å². The maximum Gasteiger partial charge on any atom is 0.246 e. The van der Waals surface area contributed by atoms with Crippen molar-refractivity contribution in [3.05, 3.63) is 63.1 Å². The van der Waals surface area contributed by atoms with Crippen molar-refractivity contribution in [3.8, 4) is 0 Å². The topological polar surface area (TPSA) is 78.9 Å². The summed E-state index contributed by atoms with van der Waals surface area (Å²) in [6, 6.07) is 13.8. The van der Waals surface area contributed by atoms with E-state index in [4.69, 9.17) is 39.5 Å². The second kappa shape index (κ2) is 16.6. The molecule has 2 saturated heterocycles. The molecule has 2 aromatic carbocycles. The Morgan fingerprint density at radius 2 is 1.58 bits per heavy atom. The number of halogens is 3. The van der Waals surface area contributed by atoms with Gasteiger partial charge in [-0.05, 0) is 107 Å². The maximum atomic E-state index is 13.5. The van der Waals surface area contributed by atoms with Crippen LogP contribution < -0.4 is 5.32 Å². The van der Waals surface area contributed by atoms with Crippen molar-refractivity contribution >= 4 is 50.7 Å². The molecule has 2 aliphatic heterocycles. The van der Waals surface area contributed by atoms with Crippen molar-refractivity contribution in [2.24, 2.45) is 11.8 Å². The second-order valence-corrected chi connectivity index (χ2v) is 16.0. The summed E-state index contributed by atoms with van der Waals surface area (Å²) < 4.78 is 34.3. The lowest BCUT2D eigenvalue weighted by Crippen LogP contribution is -2.46. The van der Waals surface area contributed by atoms with Crippen LogP contribution >= 0.6 is 34.8 Å². The number of nitrogens with zero attached hydrogens (tertiary/aromatic N) is 2. The molecule has 3 fully saturated rings. The van der Waals surface area contributed by atoms with Gasteiger partial charge in [0.1, 0.15) is 11.5 Å². The van der Waals surface area contributed by atoms with E-state index in [0.717, 1.165) is 38.0 Å². The van der Waals surface area contributed by atoms with Crippen LogP contribution in [-0.2, 0) is 26.0 Å². The normalized spacial score (nSPS) is 24.0. The highest BCUT2D eigenvalue weighted by atomic mass is 35.5. The van der Waals surface area contributed by atoms with Gasteiger partial charge in [-0.3, -0.25) is 4.79 Å². The van der Waals surface area contributed by atoms with Gasteiger partial charge in [-0.2, -0.15) is 4.31 Å². The van der Waals surface area contributed by atoms with Crippen LogP contribution in [0.4, 0.5) is 0 Å². The first-order chi connectivity index (χ1) is 21.7. The van der Waals surface area contributed by atoms with Gasteiger partial charge in [0.15, 0.2) is 0 Å². The minimum absolute atomic E-state index is 0.00935. The molecule has 5 rings (SSSR count). The second-order valence-electron chi connectivity index (χ2n) is 12.9. The zero-order valence-corrected chi connectivity index (χ0v) is 29.0. The molecule has 0 bridgehead atoms. The summed E-state index contributed by atoms with van der Waals surface area (Å²) >= 11 is 18.5. The third kappa shape index (κ3) is 9.37. The Hall–Kier alpha value is -1.39. The molecule has 1 saturated carbocycles. The van der Waals surface area contributed by atoms with E-state index in [1.165, 1.54) is 67.2 Å². The van der Waals surface area contributed by atoms with E-state index in [1.54, 1.807) is 0 Å². The number of hydrogen-bond acceptors (Lipinski definition) is 5. The van der Waals surface area contributed by atoms with E-state index in [2.05, 4.69) is 40.5 Å². The molecule has 1 amide bonds. The molecular weight excluding hydrogens is 653 g/mol. The fraction of sp³-hybridized carbons (Fsp3) is 0.618. The average Bonchev–Trinajstić information content (AvgIpc) is 3.56. The van der Waals surface area contributed by atoms with Gasteiger partial charge in [-0.1, -0.05) is 71.6 Å². The highest BCUT2D eigenvalue weighted by Crippen LogP contribution is 2.37. The minimum atomic E-state index is -3.97. The Labute approximate surface area is 284 Å². The summed E-state index contributed by atoms with van der Waals surface area (Å²) in [5, 5.41) is 3.32. The van der Waals surface area contributed by atoms with Crippen molar-refractivity contribution in [2.75, 3.05) is 39.4 Å². The van der Waals surface area contributed by atoms with Crippen LogP contribution in [0.15, 0.2) is 47.4 Å². The first-order valence-electron chi connectivity index (χ1n) is 16.5. The van der Waals surface area contributed by atoms with Gasteiger partial charge in [0.25, 0.3) is 0 Å². The molecule has 0 spiro atoms. The van der Waals surface area contributed by atoms with Gasteiger partial charge in [0.05, 0.1) is 16.7 Å². The molecule has 1 aliphatic carbocycles. The number of rotatable bonds is 13. The van der Waals surface area contributed by atoms with E-state index in [0.29, 0.717) is 31.5 Å². The summed E-state index contributed by atoms with van der Waals surface area (Å²) in [5.41, 5.74) is 1.42. The highest BCUT2D eigenvalue weighted by molar-refractivity contribution is 7.89. The highest BCUT2D eigenvalue weighted by Gasteiger charge is 2.37. The van der Waals surface area contributed by atoms with Gasteiger partial charge in [-0.25, -0.2) is 8.42 Å². The predicted molar refractivity (Wildman–Crippen MR) is 182 cm³/mol. The Bertz CT molecular complexity index is 1340. The lowest BCUT2D eigenvalue weighted by molar-refractivity contribution is -0.126. The molecule has 3 aliphatic rings. The maximum absolute atomic E-state index is 13.5. The number of hydrogen-bond donors (Lipinski definition) is 1. The number of ether oxygens (including phenoxy) is 1. The Balaban J connectivity index is 1.06. The summed E-state index contributed by atoms with van der Waals surface area (Å²) in [7, 11) is -3.97. The molecular formula is C34H46Cl3N3O4S. The van der Waals surface area contributed by atoms with Crippen LogP contribution in [0.1, 0.15) is 69.8 Å². The number of aryl methyl sites for hydroxylation is 1. The van der Waals surface area contributed by atoms with Gasteiger partial charge in [-0.15, -0.1) is 0 Å². The van der Waals surface area contributed by atoms with E-state index in [9.17, 15) is 13.2 Å². The molecule has 248 valence electrons. The van der Waals surface area contributed by atoms with E-state index in [-0.39, 0.29) is 39.1 Å². The number of carbonyl (C=O) groups is 1. The summed E-state index contributed by atoms with van der Waals surface area (Å²) in [4.78, 5) is 15.3. The van der Waals surface area contributed by atoms with Crippen LogP contribution in [0.2, 0.25) is 15.1 Å². The van der Waals surface area contributed by atoms with Gasteiger partial charge >= 0.3 is 0 Å². The van der Waals surface area contributed by atoms with E-state index >= 15 is 0 Å². The van der Waals surface area contributed by atoms with Gasteiger partial charge in [0, 0.05) is 30.2 Å². The van der Waals surface area contributed by atoms with Crippen molar-refractivity contribution in [3.63, 3.8) is 0 Å². The number of piperidine rings is 1. The van der Waals surface area contributed by atoms with Crippen LogP contribution in [-0.4, -0.2) is 75.0 Å². The van der Waals surface area contributed by atoms with Crippen molar-refractivity contribution < 1.29 is 17.9 Å². The lowest BCUT2D eigenvalue weighted by atomic mass is 9.76. The van der Waals surface area contributed by atoms with Gasteiger partial charge in [0.2, 0.25) is 15.9 Å². The summed E-state index contributed by atoms with van der Waals surface area (Å²) in [6.07, 6.45) is 11.9. The number of likely N-dealkylation sites (tertiary alicyclic amines) is 1. The molecule has 2 unspecified atom stereocenters. The van der Waals surface area contributed by atoms with Gasteiger partial charge < -0.3 is 15.0 Å². The van der Waals surface area contributed by atoms with Crippen molar-refractivity contribution in [2.45, 2.75) is 87.6 Å². The lowest BCUT2D eigenvalue weighted by Gasteiger charge is -2.39. The zero-order chi connectivity index (χ0) is 31.8. The first kappa shape index (κ1) is 34.9. The Kier molecular flexibility index (Phi) is 12.9.